The van der Waals surface area contributed by atoms with E-state index in [1.165, 1.54) is 11.3 Å². The lowest BCUT2D eigenvalue weighted by molar-refractivity contribution is 0.193. The van der Waals surface area contributed by atoms with Gasteiger partial charge in [-0.05, 0) is 51.8 Å². The largest absolute Gasteiger partial charge is 0.447 e. The smallest absolute Gasteiger partial charge is 0.193 e. The van der Waals surface area contributed by atoms with Crippen LogP contribution in [0.25, 0.3) is 0 Å². The van der Waals surface area contributed by atoms with Crippen LogP contribution in [-0.2, 0) is 0 Å². The average molecular weight is 294 g/mol. The van der Waals surface area contributed by atoms with E-state index in [4.69, 9.17) is 16.0 Å². The van der Waals surface area contributed by atoms with Crippen LogP contribution in [0, 0.1) is 0 Å². The molecule has 0 saturated heterocycles. The molecule has 2 nitrogen and oxygen atoms in total. The first-order valence-electron chi connectivity index (χ1n) is 3.85. The van der Waals surface area contributed by atoms with Crippen LogP contribution in [0.5, 0.6) is 0 Å². The Kier molecular flexibility index (Phi) is 2.97. The van der Waals surface area contributed by atoms with Crippen molar-refractivity contribution in [1.82, 2.24) is 0 Å². The summed E-state index contributed by atoms with van der Waals surface area (Å²) in [5, 5.41) is 10.1. The zero-order valence-electron chi connectivity index (χ0n) is 6.91. The predicted molar refractivity (Wildman–Crippen MR) is 59.8 cm³/mol. The van der Waals surface area contributed by atoms with Gasteiger partial charge in [-0.3, -0.25) is 0 Å². The maximum absolute atomic E-state index is 9.86. The Morgan fingerprint density at radius 3 is 2.64 bits per heavy atom. The second kappa shape index (κ2) is 4.06. The van der Waals surface area contributed by atoms with Crippen LogP contribution in [0.1, 0.15) is 16.7 Å². The molecule has 0 spiro atoms. The van der Waals surface area contributed by atoms with Crippen molar-refractivity contribution in [2.45, 2.75) is 6.10 Å². The Bertz CT molecular complexity index is 397. The molecule has 2 rings (SSSR count). The van der Waals surface area contributed by atoms with Crippen molar-refractivity contribution in [3.63, 3.8) is 0 Å². The number of rotatable bonds is 2. The summed E-state index contributed by atoms with van der Waals surface area (Å²) in [4.78, 5) is 0.822. The highest BCUT2D eigenvalue weighted by Gasteiger charge is 2.16. The number of furan rings is 1. The number of hydrogen-bond donors (Lipinski definition) is 1. The van der Waals surface area contributed by atoms with Gasteiger partial charge in [-0.2, -0.15) is 0 Å². The molecular formula is C9H6BrClO2S. The van der Waals surface area contributed by atoms with Gasteiger partial charge in [0, 0.05) is 4.88 Å². The van der Waals surface area contributed by atoms with Crippen LogP contribution in [0.4, 0.5) is 0 Å². The molecule has 0 saturated carbocycles. The van der Waals surface area contributed by atoms with Gasteiger partial charge in [-0.1, -0.05) is 0 Å². The summed E-state index contributed by atoms with van der Waals surface area (Å²) in [5.41, 5.74) is 0. The molecule has 5 heteroatoms. The Labute approximate surface area is 98.3 Å². The van der Waals surface area contributed by atoms with Crippen LogP contribution in [0.15, 0.2) is 32.5 Å². The molecule has 0 amide bonds. The second-order valence-corrected chi connectivity index (χ2v) is 5.55. The fourth-order valence-electron chi connectivity index (χ4n) is 1.09. The van der Waals surface area contributed by atoms with Crippen LogP contribution in [0.3, 0.4) is 0 Å². The van der Waals surface area contributed by atoms with Gasteiger partial charge in [0.25, 0.3) is 0 Å². The summed E-state index contributed by atoms with van der Waals surface area (Å²) in [6, 6.07) is 7.01. The molecule has 0 aliphatic heterocycles. The number of halogens is 2. The van der Waals surface area contributed by atoms with Crippen molar-refractivity contribution >= 4 is 38.9 Å². The summed E-state index contributed by atoms with van der Waals surface area (Å²) < 4.78 is 6.09. The van der Waals surface area contributed by atoms with E-state index in [9.17, 15) is 5.11 Å². The highest BCUT2D eigenvalue weighted by atomic mass is 79.9. The topological polar surface area (TPSA) is 33.4 Å². The maximum atomic E-state index is 9.86. The Morgan fingerprint density at radius 2 is 2.14 bits per heavy atom. The summed E-state index contributed by atoms with van der Waals surface area (Å²) >= 11 is 10.4. The molecule has 0 aromatic carbocycles. The minimum Gasteiger partial charge on any atom is -0.447 e. The van der Waals surface area contributed by atoms with E-state index in [0.717, 1.165) is 8.66 Å². The van der Waals surface area contributed by atoms with Crippen LogP contribution in [0.2, 0.25) is 5.22 Å². The van der Waals surface area contributed by atoms with Gasteiger partial charge in [0.2, 0.25) is 0 Å². The SMILES string of the molecule is OC(c1ccc(Cl)o1)c1ccc(Br)s1. The molecule has 0 aliphatic carbocycles. The number of hydrogen-bond acceptors (Lipinski definition) is 3. The molecule has 0 radical (unpaired) electrons. The highest BCUT2D eigenvalue weighted by Crippen LogP contribution is 2.32. The number of aliphatic hydroxyl groups is 1. The van der Waals surface area contributed by atoms with Crippen molar-refractivity contribution in [3.8, 4) is 0 Å². The van der Waals surface area contributed by atoms with Gasteiger partial charge >= 0.3 is 0 Å². The van der Waals surface area contributed by atoms with E-state index < -0.39 is 6.10 Å². The second-order valence-electron chi connectivity index (χ2n) is 2.69. The molecule has 0 bridgehead atoms. The van der Waals surface area contributed by atoms with E-state index in [1.807, 2.05) is 12.1 Å². The van der Waals surface area contributed by atoms with Gasteiger partial charge in [0.05, 0.1) is 3.79 Å². The zero-order valence-corrected chi connectivity index (χ0v) is 10.1. The third-order valence-electron chi connectivity index (χ3n) is 1.73. The Hall–Kier alpha value is -0.290. The molecule has 0 aliphatic rings. The normalized spacial score (nSPS) is 13.1. The van der Waals surface area contributed by atoms with Crippen molar-refractivity contribution in [1.29, 1.82) is 0 Å². The third kappa shape index (κ3) is 2.03. The van der Waals surface area contributed by atoms with E-state index in [-0.39, 0.29) is 5.22 Å². The fourth-order valence-corrected chi connectivity index (χ4v) is 2.66. The Balaban J connectivity index is 2.28. The van der Waals surface area contributed by atoms with E-state index in [0.29, 0.717) is 5.76 Å². The number of thiophene rings is 1. The lowest BCUT2D eigenvalue weighted by Crippen LogP contribution is -1.93. The maximum Gasteiger partial charge on any atom is 0.193 e. The van der Waals surface area contributed by atoms with Crippen molar-refractivity contribution < 1.29 is 9.52 Å². The lowest BCUT2D eigenvalue weighted by Gasteiger charge is -2.03. The Morgan fingerprint density at radius 1 is 1.36 bits per heavy atom. The summed E-state index contributed by atoms with van der Waals surface area (Å²) in [6.07, 6.45) is -0.737. The summed E-state index contributed by atoms with van der Waals surface area (Å²) in [7, 11) is 0. The van der Waals surface area contributed by atoms with Gasteiger partial charge in [0.15, 0.2) is 5.22 Å². The van der Waals surface area contributed by atoms with E-state index in [1.54, 1.807) is 12.1 Å². The van der Waals surface area contributed by atoms with Gasteiger partial charge in [-0.25, -0.2) is 0 Å². The minimum absolute atomic E-state index is 0.287. The van der Waals surface area contributed by atoms with Crippen LogP contribution in [-0.4, -0.2) is 5.11 Å². The van der Waals surface area contributed by atoms with Crippen molar-refractivity contribution in [2.75, 3.05) is 0 Å². The molecule has 1 N–H and O–H groups in total. The molecular weight excluding hydrogens is 288 g/mol. The molecule has 1 atom stereocenters. The average Bonchev–Trinajstić information content (AvgIpc) is 2.73. The van der Waals surface area contributed by atoms with Crippen LogP contribution < -0.4 is 0 Å². The zero-order chi connectivity index (χ0) is 10.1. The lowest BCUT2D eigenvalue weighted by atomic mass is 10.2. The molecule has 2 heterocycles. The fraction of sp³-hybridized carbons (Fsp3) is 0.111. The van der Waals surface area contributed by atoms with E-state index in [2.05, 4.69) is 15.9 Å². The van der Waals surface area contributed by atoms with E-state index >= 15 is 0 Å². The summed E-state index contributed by atoms with van der Waals surface area (Å²) in [5.74, 6) is 0.462. The standard InChI is InChI=1S/C9H6BrClO2S/c10-7-3-2-6(14-7)9(12)5-1-4-8(11)13-5/h1-4,9,12H. The first-order chi connectivity index (χ1) is 6.66. The minimum atomic E-state index is -0.737. The monoisotopic (exact) mass is 292 g/mol. The molecule has 74 valence electrons. The predicted octanol–water partition coefficient (Wildman–Crippen LogP) is 3.84. The molecule has 2 aromatic heterocycles. The molecule has 2 aromatic rings. The molecule has 14 heavy (non-hydrogen) atoms. The van der Waals surface area contributed by atoms with Crippen LogP contribution >= 0.6 is 38.9 Å². The van der Waals surface area contributed by atoms with Crippen molar-refractivity contribution in [3.05, 3.63) is 43.9 Å². The summed E-state index contributed by atoms with van der Waals surface area (Å²) in [6.45, 7) is 0. The first kappa shape index (κ1) is 10.2. The van der Waals surface area contributed by atoms with Gasteiger partial charge in [-0.15, -0.1) is 11.3 Å². The van der Waals surface area contributed by atoms with Gasteiger partial charge < -0.3 is 9.52 Å². The molecule has 0 fully saturated rings. The van der Waals surface area contributed by atoms with Gasteiger partial charge in [0.1, 0.15) is 11.9 Å². The van der Waals surface area contributed by atoms with Crippen molar-refractivity contribution in [2.24, 2.45) is 0 Å². The third-order valence-corrected chi connectivity index (χ3v) is 3.61. The first-order valence-corrected chi connectivity index (χ1v) is 5.84. The molecule has 1 unspecified atom stereocenters. The highest BCUT2D eigenvalue weighted by molar-refractivity contribution is 9.11. The number of aliphatic hydroxyl groups excluding tert-OH is 1. The quantitative estimate of drug-likeness (QED) is 0.912.